The van der Waals surface area contributed by atoms with E-state index in [1.54, 1.807) is 11.3 Å². The quantitative estimate of drug-likeness (QED) is 0.899. The molecule has 128 valence electrons. The van der Waals surface area contributed by atoms with Crippen molar-refractivity contribution in [1.29, 1.82) is 0 Å². The Morgan fingerprint density at radius 3 is 2.83 bits per heavy atom. The lowest BCUT2D eigenvalue weighted by atomic mass is 9.98. The minimum absolute atomic E-state index is 0.00718. The van der Waals surface area contributed by atoms with Crippen molar-refractivity contribution in [2.75, 3.05) is 19.6 Å². The maximum atomic E-state index is 12.5. The van der Waals surface area contributed by atoms with Gasteiger partial charge in [0, 0.05) is 30.6 Å². The number of aromatic nitrogens is 2. The van der Waals surface area contributed by atoms with E-state index in [2.05, 4.69) is 48.1 Å². The van der Waals surface area contributed by atoms with Gasteiger partial charge in [0.1, 0.15) is 10.0 Å². The summed E-state index contributed by atoms with van der Waals surface area (Å²) in [5, 5.41) is 13.3. The van der Waals surface area contributed by atoms with E-state index in [1.165, 1.54) is 19.4 Å². The van der Waals surface area contributed by atoms with E-state index in [1.807, 2.05) is 4.90 Å². The number of hydrogen-bond acceptors (Lipinski definition) is 5. The number of amides is 2. The Balaban J connectivity index is 1.55. The fourth-order valence-corrected chi connectivity index (χ4v) is 4.19. The minimum Gasteiger partial charge on any atom is -0.331 e. The van der Waals surface area contributed by atoms with E-state index < -0.39 is 0 Å². The molecule has 2 saturated heterocycles. The number of nitrogens with zero attached hydrogens (tertiary/aromatic N) is 4. The highest BCUT2D eigenvalue weighted by atomic mass is 32.1. The maximum Gasteiger partial charge on any atom is 0.318 e. The largest absolute Gasteiger partial charge is 0.331 e. The van der Waals surface area contributed by atoms with Crippen molar-refractivity contribution < 1.29 is 4.79 Å². The second-order valence-electron chi connectivity index (χ2n) is 7.70. The van der Waals surface area contributed by atoms with Crippen LogP contribution in [0.15, 0.2) is 0 Å². The summed E-state index contributed by atoms with van der Waals surface area (Å²) in [5.41, 5.74) is 0.00718. The lowest BCUT2D eigenvalue weighted by molar-refractivity contribution is 0.0802. The van der Waals surface area contributed by atoms with Crippen LogP contribution < -0.4 is 5.32 Å². The minimum atomic E-state index is 0.00718. The molecular weight excluding hydrogens is 310 g/mol. The van der Waals surface area contributed by atoms with E-state index in [0.29, 0.717) is 12.6 Å². The number of carbonyl (C=O) groups excluding carboxylic acids is 1. The zero-order valence-electron chi connectivity index (χ0n) is 14.5. The van der Waals surface area contributed by atoms with E-state index in [4.69, 9.17) is 0 Å². The van der Waals surface area contributed by atoms with Gasteiger partial charge in [-0.25, -0.2) is 4.79 Å². The third-order valence-corrected chi connectivity index (χ3v) is 6.05. The first-order valence-electron chi connectivity index (χ1n) is 8.46. The van der Waals surface area contributed by atoms with Crippen LogP contribution in [0.3, 0.4) is 0 Å². The van der Waals surface area contributed by atoms with Crippen LogP contribution in [0.5, 0.6) is 0 Å². The van der Waals surface area contributed by atoms with Crippen molar-refractivity contribution in [3.63, 3.8) is 0 Å². The highest BCUT2D eigenvalue weighted by Crippen LogP contribution is 2.26. The molecule has 7 heteroatoms. The number of fused-ring (bicyclic) bond motifs is 1. The molecule has 3 heterocycles. The number of piperazine rings is 1. The van der Waals surface area contributed by atoms with Crippen LogP contribution in [0.4, 0.5) is 4.79 Å². The molecule has 1 aromatic rings. The van der Waals surface area contributed by atoms with Gasteiger partial charge in [-0.15, -0.1) is 10.2 Å². The average molecular weight is 337 g/mol. The number of hydrogen-bond donors (Lipinski definition) is 1. The van der Waals surface area contributed by atoms with Gasteiger partial charge in [-0.3, -0.25) is 4.90 Å². The summed E-state index contributed by atoms with van der Waals surface area (Å²) in [7, 11) is 0. The van der Waals surface area contributed by atoms with Crippen molar-refractivity contribution in [1.82, 2.24) is 25.3 Å². The number of urea groups is 1. The first-order chi connectivity index (χ1) is 10.8. The van der Waals surface area contributed by atoms with Gasteiger partial charge in [0.25, 0.3) is 0 Å². The summed E-state index contributed by atoms with van der Waals surface area (Å²) < 4.78 is 0. The molecule has 0 aliphatic carbocycles. The van der Waals surface area contributed by atoms with E-state index in [0.717, 1.165) is 23.1 Å². The molecule has 23 heavy (non-hydrogen) atoms. The Morgan fingerprint density at radius 1 is 1.35 bits per heavy atom. The Labute approximate surface area is 142 Å². The van der Waals surface area contributed by atoms with Crippen LogP contribution in [-0.4, -0.2) is 57.7 Å². The van der Waals surface area contributed by atoms with Crippen LogP contribution in [0.25, 0.3) is 0 Å². The van der Waals surface area contributed by atoms with Crippen LogP contribution in [-0.2, 0) is 12.0 Å². The predicted octanol–water partition coefficient (Wildman–Crippen LogP) is 2.21. The molecule has 0 radical (unpaired) electrons. The van der Waals surface area contributed by atoms with Crippen molar-refractivity contribution in [2.24, 2.45) is 0 Å². The Bertz CT molecular complexity index is 567. The van der Waals surface area contributed by atoms with Gasteiger partial charge in [0.05, 0.1) is 6.54 Å². The summed E-state index contributed by atoms with van der Waals surface area (Å²) >= 11 is 1.58. The zero-order chi connectivity index (χ0) is 16.6. The van der Waals surface area contributed by atoms with Crippen LogP contribution in [0, 0.1) is 0 Å². The van der Waals surface area contributed by atoms with Gasteiger partial charge in [-0.2, -0.15) is 0 Å². The molecule has 2 atom stereocenters. The van der Waals surface area contributed by atoms with Crippen molar-refractivity contribution in [3.05, 3.63) is 10.0 Å². The zero-order valence-corrected chi connectivity index (χ0v) is 15.3. The molecule has 3 rings (SSSR count). The topological polar surface area (TPSA) is 61.4 Å². The molecule has 2 fully saturated rings. The highest BCUT2D eigenvalue weighted by molar-refractivity contribution is 7.11. The lowest BCUT2D eigenvalue weighted by Gasteiger charge is -2.42. The Morgan fingerprint density at radius 2 is 2.13 bits per heavy atom. The normalized spacial score (nSPS) is 25.5. The smallest absolute Gasteiger partial charge is 0.318 e. The lowest BCUT2D eigenvalue weighted by Crippen LogP contribution is -2.58. The van der Waals surface area contributed by atoms with E-state index >= 15 is 0 Å². The van der Waals surface area contributed by atoms with Crippen molar-refractivity contribution in [3.8, 4) is 0 Å². The van der Waals surface area contributed by atoms with Crippen LogP contribution in [0.2, 0.25) is 0 Å². The fraction of sp³-hybridized carbons (Fsp3) is 0.812. The molecule has 1 N–H and O–H groups in total. The third-order valence-electron chi connectivity index (χ3n) is 4.70. The predicted molar refractivity (Wildman–Crippen MR) is 91.6 cm³/mol. The van der Waals surface area contributed by atoms with Crippen LogP contribution in [0.1, 0.15) is 50.6 Å². The maximum absolute atomic E-state index is 12.5. The number of carbonyl (C=O) groups is 1. The van der Waals surface area contributed by atoms with Gasteiger partial charge in [0.15, 0.2) is 0 Å². The summed E-state index contributed by atoms with van der Waals surface area (Å²) in [5.74, 6) is 0. The first kappa shape index (κ1) is 16.6. The molecule has 2 aliphatic rings. The summed E-state index contributed by atoms with van der Waals surface area (Å²) in [4.78, 5) is 17.0. The standard InChI is InChI=1S/C16H27N5OS/c1-11-9-20-7-5-6-12(20)10-21(11)15(22)17-8-13-18-19-14(23-13)16(2,3)4/h11-12H,5-10H2,1-4H3,(H,17,22)/t11-,12-/m1/s1. The average Bonchev–Trinajstić information content (AvgIpc) is 3.11. The van der Waals surface area contributed by atoms with Crippen molar-refractivity contribution >= 4 is 17.4 Å². The van der Waals surface area contributed by atoms with Gasteiger partial charge in [-0.1, -0.05) is 32.1 Å². The molecule has 0 saturated carbocycles. The monoisotopic (exact) mass is 337 g/mol. The number of nitrogens with one attached hydrogen (secondary N) is 1. The molecule has 0 unspecified atom stereocenters. The second kappa shape index (κ2) is 6.36. The molecule has 2 amide bonds. The van der Waals surface area contributed by atoms with Gasteiger partial charge >= 0.3 is 6.03 Å². The highest BCUT2D eigenvalue weighted by Gasteiger charge is 2.36. The molecule has 0 spiro atoms. The summed E-state index contributed by atoms with van der Waals surface area (Å²) in [6.07, 6.45) is 2.47. The van der Waals surface area contributed by atoms with Crippen molar-refractivity contribution in [2.45, 2.75) is 64.6 Å². The SMILES string of the molecule is C[C@@H]1CN2CCC[C@@H]2CN1C(=O)NCc1nnc(C(C)(C)C)s1. The van der Waals surface area contributed by atoms with E-state index in [9.17, 15) is 4.79 Å². The first-order valence-corrected chi connectivity index (χ1v) is 9.27. The van der Waals surface area contributed by atoms with E-state index in [-0.39, 0.29) is 17.5 Å². The number of rotatable bonds is 2. The molecule has 2 aliphatic heterocycles. The fourth-order valence-electron chi connectivity index (χ4n) is 3.35. The summed E-state index contributed by atoms with van der Waals surface area (Å²) in [6.45, 7) is 12.0. The molecule has 6 nitrogen and oxygen atoms in total. The third kappa shape index (κ3) is 3.66. The van der Waals surface area contributed by atoms with Gasteiger partial charge < -0.3 is 10.2 Å². The summed E-state index contributed by atoms with van der Waals surface area (Å²) in [6, 6.07) is 0.839. The Kier molecular flexibility index (Phi) is 4.60. The van der Waals surface area contributed by atoms with Crippen LogP contribution >= 0.6 is 11.3 Å². The molecular formula is C16H27N5OS. The van der Waals surface area contributed by atoms with Gasteiger partial charge in [0.2, 0.25) is 0 Å². The molecule has 0 bridgehead atoms. The van der Waals surface area contributed by atoms with Gasteiger partial charge in [-0.05, 0) is 26.3 Å². The molecule has 1 aromatic heterocycles. The Hall–Kier alpha value is -1.21. The molecule has 0 aromatic carbocycles. The second-order valence-corrected chi connectivity index (χ2v) is 8.76.